The smallest absolute Gasteiger partial charge is 0.320 e. The summed E-state index contributed by atoms with van der Waals surface area (Å²) < 4.78 is 0. The first kappa shape index (κ1) is 18.7. The number of rotatable bonds is 4. The Morgan fingerprint density at radius 1 is 1.41 bits per heavy atom. The molecule has 1 aliphatic heterocycles. The number of hydrogen-bond acceptors (Lipinski definition) is 3. The lowest BCUT2D eigenvalue weighted by Gasteiger charge is -2.32. The minimum atomic E-state index is -0.856. The van der Waals surface area contributed by atoms with E-state index in [1.165, 1.54) is 0 Å². The second kappa shape index (κ2) is 8.36. The Morgan fingerprint density at radius 3 is 2.77 bits per heavy atom. The lowest BCUT2D eigenvalue weighted by molar-refractivity contribution is -0.145. The van der Waals surface area contributed by atoms with Crippen molar-refractivity contribution in [3.05, 3.63) is 28.8 Å². The number of carboxylic acid groups (broad SMARTS) is 1. The second-order valence-electron chi connectivity index (χ2n) is 5.33. The van der Waals surface area contributed by atoms with E-state index in [2.05, 4.69) is 5.32 Å². The third kappa shape index (κ3) is 4.87. The molecule has 0 radical (unpaired) electrons. The molecule has 1 aromatic carbocycles. The summed E-state index contributed by atoms with van der Waals surface area (Å²) in [6.07, 6.45) is 2.42. The van der Waals surface area contributed by atoms with Crippen LogP contribution in [-0.2, 0) is 9.59 Å². The number of halogens is 2. The number of benzene rings is 1. The van der Waals surface area contributed by atoms with E-state index in [0.29, 0.717) is 23.7 Å². The van der Waals surface area contributed by atoms with Crippen molar-refractivity contribution in [2.45, 2.75) is 32.2 Å². The van der Waals surface area contributed by atoms with E-state index in [0.717, 1.165) is 18.4 Å². The molecule has 1 unspecified atom stereocenters. The van der Waals surface area contributed by atoms with Gasteiger partial charge in [0.2, 0.25) is 5.91 Å². The first-order chi connectivity index (χ1) is 9.97. The van der Waals surface area contributed by atoms with Crippen molar-refractivity contribution in [1.29, 1.82) is 0 Å². The molecule has 5 nitrogen and oxygen atoms in total. The molecule has 7 heteroatoms. The number of amides is 1. The highest BCUT2D eigenvalue weighted by Gasteiger charge is 2.29. The highest BCUT2D eigenvalue weighted by atomic mass is 35.5. The number of carbonyl (C=O) groups is 2. The third-order valence-corrected chi connectivity index (χ3v) is 3.94. The maximum Gasteiger partial charge on any atom is 0.320 e. The average molecular weight is 347 g/mol. The van der Waals surface area contributed by atoms with Crippen LogP contribution in [0.15, 0.2) is 18.2 Å². The van der Waals surface area contributed by atoms with Crippen LogP contribution < -0.4 is 5.32 Å². The summed E-state index contributed by atoms with van der Waals surface area (Å²) in [6.45, 7) is 2.60. The topological polar surface area (TPSA) is 69.6 Å². The zero-order valence-electron chi connectivity index (χ0n) is 12.3. The van der Waals surface area contributed by atoms with Crippen LogP contribution in [0.3, 0.4) is 0 Å². The highest BCUT2D eigenvalue weighted by molar-refractivity contribution is 6.30. The fourth-order valence-electron chi connectivity index (χ4n) is 2.60. The summed E-state index contributed by atoms with van der Waals surface area (Å²) in [6, 6.07) is 4.68. The number of nitrogens with one attached hydrogen (secondary N) is 1. The maximum absolute atomic E-state index is 12.1. The van der Waals surface area contributed by atoms with Gasteiger partial charge in [-0.25, -0.2) is 0 Å². The quantitative estimate of drug-likeness (QED) is 0.879. The number of carboxylic acids is 1. The van der Waals surface area contributed by atoms with Crippen LogP contribution in [0, 0.1) is 6.92 Å². The summed E-state index contributed by atoms with van der Waals surface area (Å²) in [5, 5.41) is 12.6. The first-order valence-electron chi connectivity index (χ1n) is 7.00. The number of carbonyl (C=O) groups excluding carboxylic acids is 1. The van der Waals surface area contributed by atoms with Gasteiger partial charge in [-0.15, -0.1) is 12.4 Å². The van der Waals surface area contributed by atoms with Gasteiger partial charge in [0, 0.05) is 10.7 Å². The molecule has 1 atom stereocenters. The van der Waals surface area contributed by atoms with Crippen molar-refractivity contribution in [2.24, 2.45) is 0 Å². The minimum Gasteiger partial charge on any atom is -0.480 e. The number of anilines is 1. The van der Waals surface area contributed by atoms with Gasteiger partial charge >= 0.3 is 5.97 Å². The molecule has 2 N–H and O–H groups in total. The van der Waals surface area contributed by atoms with E-state index in [-0.39, 0.29) is 24.9 Å². The maximum atomic E-state index is 12.1. The molecule has 22 heavy (non-hydrogen) atoms. The number of nitrogens with zero attached hydrogens (tertiary/aromatic N) is 1. The van der Waals surface area contributed by atoms with E-state index < -0.39 is 12.0 Å². The Balaban J connectivity index is 0.00000242. The lowest BCUT2D eigenvalue weighted by Crippen LogP contribution is -2.47. The number of piperidine rings is 1. The van der Waals surface area contributed by atoms with Crippen molar-refractivity contribution >= 4 is 41.6 Å². The van der Waals surface area contributed by atoms with Crippen molar-refractivity contribution < 1.29 is 14.7 Å². The first-order valence-corrected chi connectivity index (χ1v) is 7.38. The Hall–Kier alpha value is -1.30. The van der Waals surface area contributed by atoms with Gasteiger partial charge in [0.1, 0.15) is 6.04 Å². The predicted octanol–water partition coefficient (Wildman–Crippen LogP) is 2.95. The van der Waals surface area contributed by atoms with E-state index in [4.69, 9.17) is 11.6 Å². The normalized spacial score (nSPS) is 18.4. The number of hydrogen-bond donors (Lipinski definition) is 2. The molecule has 1 aliphatic rings. The van der Waals surface area contributed by atoms with Crippen LogP contribution in [0.1, 0.15) is 24.8 Å². The van der Waals surface area contributed by atoms with Gasteiger partial charge in [0.25, 0.3) is 0 Å². The fraction of sp³-hybridized carbons (Fsp3) is 0.467. The number of likely N-dealkylation sites (tertiary alicyclic amines) is 1. The second-order valence-corrected chi connectivity index (χ2v) is 5.76. The molecular formula is C15H20Cl2N2O3. The van der Waals surface area contributed by atoms with Gasteiger partial charge < -0.3 is 10.4 Å². The van der Waals surface area contributed by atoms with Gasteiger partial charge in [-0.2, -0.15) is 0 Å². The van der Waals surface area contributed by atoms with Crippen LogP contribution >= 0.6 is 24.0 Å². The van der Waals surface area contributed by atoms with Crippen LogP contribution in [0.5, 0.6) is 0 Å². The summed E-state index contributed by atoms with van der Waals surface area (Å²) >= 11 is 5.88. The van der Waals surface area contributed by atoms with E-state index in [1.54, 1.807) is 23.1 Å². The number of aliphatic carboxylic acids is 1. The fourth-order valence-corrected chi connectivity index (χ4v) is 2.83. The SMILES string of the molecule is Cc1cc(Cl)ccc1NC(=O)CN1CCCCC1C(=O)O.Cl. The third-order valence-electron chi connectivity index (χ3n) is 3.71. The molecule has 0 aliphatic carbocycles. The zero-order valence-corrected chi connectivity index (χ0v) is 13.9. The Morgan fingerprint density at radius 2 is 2.14 bits per heavy atom. The van der Waals surface area contributed by atoms with Crippen molar-refractivity contribution in [2.75, 3.05) is 18.4 Å². The van der Waals surface area contributed by atoms with Gasteiger partial charge in [-0.1, -0.05) is 18.0 Å². The van der Waals surface area contributed by atoms with Crippen LogP contribution in [0.25, 0.3) is 0 Å². The van der Waals surface area contributed by atoms with Crippen LogP contribution in [0.4, 0.5) is 5.69 Å². The van der Waals surface area contributed by atoms with Gasteiger partial charge in [0.05, 0.1) is 6.54 Å². The highest BCUT2D eigenvalue weighted by Crippen LogP contribution is 2.20. The van der Waals surface area contributed by atoms with Crippen molar-refractivity contribution in [3.8, 4) is 0 Å². The molecule has 1 heterocycles. The van der Waals surface area contributed by atoms with E-state index >= 15 is 0 Å². The molecule has 1 fully saturated rings. The Labute approximate surface area is 141 Å². The monoisotopic (exact) mass is 346 g/mol. The van der Waals surface area contributed by atoms with E-state index in [9.17, 15) is 14.7 Å². The molecular weight excluding hydrogens is 327 g/mol. The molecule has 0 saturated carbocycles. The summed E-state index contributed by atoms with van der Waals surface area (Å²) in [5.74, 6) is -1.06. The summed E-state index contributed by atoms with van der Waals surface area (Å²) in [4.78, 5) is 25.0. The lowest BCUT2D eigenvalue weighted by atomic mass is 10.0. The Kier molecular flexibility index (Phi) is 7.13. The van der Waals surface area contributed by atoms with Gasteiger partial charge in [-0.05, 0) is 50.1 Å². The summed E-state index contributed by atoms with van der Waals surface area (Å²) in [7, 11) is 0. The zero-order chi connectivity index (χ0) is 15.4. The van der Waals surface area contributed by atoms with Crippen molar-refractivity contribution in [3.63, 3.8) is 0 Å². The molecule has 1 saturated heterocycles. The van der Waals surface area contributed by atoms with Crippen LogP contribution in [-0.4, -0.2) is 41.0 Å². The molecule has 0 spiro atoms. The molecule has 0 aromatic heterocycles. The standard InChI is InChI=1S/C15H19ClN2O3.ClH/c1-10-8-11(16)5-6-12(10)17-14(19)9-18-7-3-2-4-13(18)15(20)21;/h5-6,8,13H,2-4,7,9H2,1H3,(H,17,19)(H,20,21);1H. The Bertz CT molecular complexity index is 552. The van der Waals surface area contributed by atoms with Crippen LogP contribution in [0.2, 0.25) is 5.02 Å². The molecule has 2 rings (SSSR count). The predicted molar refractivity (Wildman–Crippen MR) is 88.9 cm³/mol. The van der Waals surface area contributed by atoms with Crippen molar-refractivity contribution in [1.82, 2.24) is 4.90 Å². The average Bonchev–Trinajstić information content (AvgIpc) is 2.42. The van der Waals surface area contributed by atoms with E-state index in [1.807, 2.05) is 6.92 Å². The minimum absolute atomic E-state index is 0. The molecule has 1 aromatic rings. The molecule has 122 valence electrons. The van der Waals surface area contributed by atoms with Gasteiger partial charge in [-0.3, -0.25) is 14.5 Å². The van der Waals surface area contributed by atoms with Gasteiger partial charge in [0.15, 0.2) is 0 Å². The number of aryl methyl sites for hydroxylation is 1. The summed E-state index contributed by atoms with van der Waals surface area (Å²) in [5.41, 5.74) is 1.58. The largest absolute Gasteiger partial charge is 0.480 e. The molecule has 1 amide bonds. The molecule has 0 bridgehead atoms.